The van der Waals surface area contributed by atoms with E-state index in [4.69, 9.17) is 0 Å². The smallest absolute Gasteiger partial charge is 0.191 e. The largest absolute Gasteiger partial charge is 0.354 e. The molecule has 0 bridgehead atoms. The van der Waals surface area contributed by atoms with E-state index in [1.54, 1.807) is 0 Å². The molecular formula is C13H28IN3. The molecule has 1 atom stereocenters. The molecule has 0 heterocycles. The fourth-order valence-corrected chi connectivity index (χ4v) is 1.55. The van der Waals surface area contributed by atoms with Gasteiger partial charge in [0.25, 0.3) is 0 Å². The summed E-state index contributed by atoms with van der Waals surface area (Å²) >= 11 is 0. The highest BCUT2D eigenvalue weighted by Gasteiger charge is 2.22. The number of nitrogens with zero attached hydrogens (tertiary/aromatic N) is 1. The first-order valence-electron chi connectivity index (χ1n) is 6.40. The second kappa shape index (κ2) is 7.44. The highest BCUT2D eigenvalue weighted by atomic mass is 127. The van der Waals surface area contributed by atoms with Crippen molar-refractivity contribution in [2.24, 2.45) is 10.4 Å². The van der Waals surface area contributed by atoms with Crippen molar-refractivity contribution in [1.29, 1.82) is 0 Å². The van der Waals surface area contributed by atoms with Gasteiger partial charge in [0.2, 0.25) is 0 Å². The third-order valence-electron chi connectivity index (χ3n) is 2.85. The number of hydrogen-bond donors (Lipinski definition) is 2. The van der Waals surface area contributed by atoms with Gasteiger partial charge in [-0.1, -0.05) is 20.8 Å². The summed E-state index contributed by atoms with van der Waals surface area (Å²) in [5, 5.41) is 6.86. The Kier molecular flexibility index (Phi) is 7.44. The molecule has 102 valence electrons. The van der Waals surface area contributed by atoms with Crippen molar-refractivity contribution >= 4 is 29.9 Å². The molecule has 4 heteroatoms. The summed E-state index contributed by atoms with van der Waals surface area (Å²) in [5.41, 5.74) is 0.420. The van der Waals surface area contributed by atoms with Crippen LogP contribution in [0, 0.1) is 5.41 Å². The fourth-order valence-electron chi connectivity index (χ4n) is 1.55. The van der Waals surface area contributed by atoms with Crippen molar-refractivity contribution in [2.45, 2.75) is 65.5 Å². The van der Waals surface area contributed by atoms with E-state index < -0.39 is 0 Å². The Hall–Kier alpha value is 0. The van der Waals surface area contributed by atoms with Crippen LogP contribution in [0.15, 0.2) is 4.99 Å². The second-order valence-corrected chi connectivity index (χ2v) is 6.14. The summed E-state index contributed by atoms with van der Waals surface area (Å²) in [6, 6.07) is 1.16. The molecule has 1 rings (SSSR count). The number of aliphatic imine (C=N–C) groups is 1. The van der Waals surface area contributed by atoms with Gasteiger partial charge >= 0.3 is 0 Å². The number of nitrogens with one attached hydrogen (secondary N) is 2. The van der Waals surface area contributed by atoms with Crippen LogP contribution < -0.4 is 10.6 Å². The number of guanidine groups is 1. The molecule has 1 fully saturated rings. The maximum absolute atomic E-state index is 4.25. The fraction of sp³-hybridized carbons (Fsp3) is 0.923. The molecule has 0 amide bonds. The van der Waals surface area contributed by atoms with E-state index in [9.17, 15) is 0 Å². The first-order chi connectivity index (χ1) is 7.40. The molecule has 2 N–H and O–H groups in total. The molecule has 0 aliphatic heterocycles. The molecule has 3 nitrogen and oxygen atoms in total. The van der Waals surface area contributed by atoms with Gasteiger partial charge < -0.3 is 10.6 Å². The van der Waals surface area contributed by atoms with Crippen LogP contribution >= 0.6 is 24.0 Å². The average Bonchev–Trinajstić information content (AvgIpc) is 2.96. The third kappa shape index (κ3) is 8.69. The van der Waals surface area contributed by atoms with E-state index in [-0.39, 0.29) is 24.0 Å². The van der Waals surface area contributed by atoms with Gasteiger partial charge in [0, 0.05) is 19.1 Å². The summed E-state index contributed by atoms with van der Waals surface area (Å²) < 4.78 is 0. The molecule has 0 saturated heterocycles. The van der Waals surface area contributed by atoms with Crippen LogP contribution in [0.3, 0.4) is 0 Å². The van der Waals surface area contributed by atoms with Gasteiger partial charge in [0.1, 0.15) is 0 Å². The SMILES string of the molecule is CN=C(NC(C)CCC(C)(C)C)NC1CC1.I. The van der Waals surface area contributed by atoms with Crippen LogP contribution in [0.5, 0.6) is 0 Å². The van der Waals surface area contributed by atoms with Gasteiger partial charge in [-0.15, -0.1) is 24.0 Å². The predicted octanol–water partition coefficient (Wildman–Crippen LogP) is 3.15. The van der Waals surface area contributed by atoms with Gasteiger partial charge in [-0.2, -0.15) is 0 Å². The lowest BCUT2D eigenvalue weighted by Gasteiger charge is -2.23. The monoisotopic (exact) mass is 353 g/mol. The van der Waals surface area contributed by atoms with E-state index in [1.807, 2.05) is 7.05 Å². The minimum absolute atomic E-state index is 0. The summed E-state index contributed by atoms with van der Waals surface area (Å²) in [5.74, 6) is 0.962. The molecule has 0 aromatic carbocycles. The molecular weight excluding hydrogens is 325 g/mol. The highest BCUT2D eigenvalue weighted by molar-refractivity contribution is 14.0. The molecule has 0 radical (unpaired) electrons. The summed E-state index contributed by atoms with van der Waals surface area (Å²) in [7, 11) is 1.84. The van der Waals surface area contributed by atoms with Crippen LogP contribution in [0.2, 0.25) is 0 Å². The Morgan fingerprint density at radius 3 is 2.35 bits per heavy atom. The quantitative estimate of drug-likeness (QED) is 0.463. The molecule has 0 spiro atoms. The predicted molar refractivity (Wildman–Crippen MR) is 86.2 cm³/mol. The first-order valence-corrected chi connectivity index (χ1v) is 6.40. The molecule has 1 aliphatic carbocycles. The molecule has 1 aliphatic rings. The van der Waals surface area contributed by atoms with Crippen molar-refractivity contribution in [3.8, 4) is 0 Å². The summed E-state index contributed by atoms with van der Waals surface area (Å²) in [6.45, 7) is 9.09. The van der Waals surface area contributed by atoms with Crippen molar-refractivity contribution in [3.05, 3.63) is 0 Å². The second-order valence-electron chi connectivity index (χ2n) is 6.14. The lowest BCUT2D eigenvalue weighted by atomic mass is 9.89. The van der Waals surface area contributed by atoms with Gasteiger partial charge in [-0.05, 0) is 38.0 Å². The zero-order valence-electron chi connectivity index (χ0n) is 11.8. The van der Waals surface area contributed by atoms with E-state index in [1.165, 1.54) is 25.7 Å². The lowest BCUT2D eigenvalue weighted by molar-refractivity contribution is 0.346. The molecule has 1 unspecified atom stereocenters. The zero-order chi connectivity index (χ0) is 12.2. The normalized spacial score (nSPS) is 18.3. The Morgan fingerprint density at radius 1 is 1.35 bits per heavy atom. The maximum atomic E-state index is 4.25. The summed E-state index contributed by atoms with van der Waals surface area (Å²) in [6.07, 6.45) is 5.00. The number of rotatable bonds is 4. The Labute approximate surface area is 123 Å². The van der Waals surface area contributed by atoms with E-state index in [2.05, 4.69) is 43.3 Å². The van der Waals surface area contributed by atoms with Gasteiger partial charge in [-0.3, -0.25) is 4.99 Å². The van der Waals surface area contributed by atoms with Gasteiger partial charge in [-0.25, -0.2) is 0 Å². The van der Waals surface area contributed by atoms with Crippen LogP contribution in [0.1, 0.15) is 53.4 Å². The number of halogens is 1. The van der Waals surface area contributed by atoms with Gasteiger partial charge in [0.15, 0.2) is 5.96 Å². The van der Waals surface area contributed by atoms with Crippen molar-refractivity contribution in [3.63, 3.8) is 0 Å². The summed E-state index contributed by atoms with van der Waals surface area (Å²) in [4.78, 5) is 4.25. The van der Waals surface area contributed by atoms with Crippen LogP contribution in [0.4, 0.5) is 0 Å². The molecule has 0 aromatic heterocycles. The topological polar surface area (TPSA) is 36.4 Å². The van der Waals surface area contributed by atoms with E-state index in [0.717, 1.165) is 5.96 Å². The number of hydrogen-bond acceptors (Lipinski definition) is 1. The molecule has 0 aromatic rings. The van der Waals surface area contributed by atoms with E-state index >= 15 is 0 Å². The van der Waals surface area contributed by atoms with Gasteiger partial charge in [0.05, 0.1) is 0 Å². The third-order valence-corrected chi connectivity index (χ3v) is 2.85. The van der Waals surface area contributed by atoms with Crippen molar-refractivity contribution < 1.29 is 0 Å². The van der Waals surface area contributed by atoms with Crippen LogP contribution in [-0.4, -0.2) is 25.1 Å². The minimum atomic E-state index is 0. The van der Waals surface area contributed by atoms with Crippen molar-refractivity contribution in [2.75, 3.05) is 7.05 Å². The molecule has 17 heavy (non-hydrogen) atoms. The highest BCUT2D eigenvalue weighted by Crippen LogP contribution is 2.21. The van der Waals surface area contributed by atoms with Crippen LogP contribution in [0.25, 0.3) is 0 Å². The maximum Gasteiger partial charge on any atom is 0.191 e. The Bertz CT molecular complexity index is 242. The van der Waals surface area contributed by atoms with Crippen molar-refractivity contribution in [1.82, 2.24) is 10.6 Å². The zero-order valence-corrected chi connectivity index (χ0v) is 14.2. The lowest BCUT2D eigenvalue weighted by Crippen LogP contribution is -2.43. The Morgan fingerprint density at radius 2 is 1.94 bits per heavy atom. The average molecular weight is 353 g/mol. The first kappa shape index (κ1) is 17.0. The standard InChI is InChI=1S/C13H27N3.HI/c1-10(8-9-13(2,3)4)15-12(14-5)16-11-6-7-11;/h10-11H,6-9H2,1-5H3,(H2,14,15,16);1H. The van der Waals surface area contributed by atoms with Crippen LogP contribution in [-0.2, 0) is 0 Å². The molecule has 1 saturated carbocycles. The Balaban J connectivity index is 0.00000256. The minimum Gasteiger partial charge on any atom is -0.354 e. The van der Waals surface area contributed by atoms with E-state index in [0.29, 0.717) is 17.5 Å².